The molecule has 0 aliphatic carbocycles. The van der Waals surface area contributed by atoms with Gasteiger partial charge in [0, 0.05) is 46.3 Å². The molecule has 29 heavy (non-hydrogen) atoms. The van der Waals surface area contributed by atoms with E-state index in [4.69, 9.17) is 0 Å². The monoisotopic (exact) mass is 391 g/mol. The van der Waals surface area contributed by atoms with Gasteiger partial charge in [-0.15, -0.1) is 5.10 Å². The molecule has 1 aliphatic heterocycles. The van der Waals surface area contributed by atoms with Gasteiger partial charge in [-0.05, 0) is 19.1 Å². The number of aromatic nitrogens is 4. The Hall–Kier alpha value is -3.42. The maximum absolute atomic E-state index is 13.1. The number of para-hydroxylation sites is 1. The van der Waals surface area contributed by atoms with Gasteiger partial charge in [0.2, 0.25) is 0 Å². The lowest BCUT2D eigenvalue weighted by atomic mass is 10.2. The van der Waals surface area contributed by atoms with Crippen molar-refractivity contribution in [2.75, 3.05) is 50.1 Å². The number of carbonyl (C=O) groups is 1. The Bertz CT molecular complexity index is 991. The standard InChI is InChI=1S/C21H25N7O/c1-16-19(15-23-28(16)17-7-5-4-6-8-17)21(29)27-11-9-26(10-12-27)20-13-18(25(2)3)14-22-24-20/h4-8,13-15H,9-12H2,1-3H3. The molecule has 1 amide bonds. The lowest BCUT2D eigenvalue weighted by molar-refractivity contribution is 0.0745. The average Bonchev–Trinajstić information content (AvgIpc) is 3.15. The zero-order chi connectivity index (χ0) is 20.4. The van der Waals surface area contributed by atoms with E-state index >= 15 is 0 Å². The Labute approximate surface area is 170 Å². The highest BCUT2D eigenvalue weighted by molar-refractivity contribution is 5.95. The molecule has 0 unspecified atom stereocenters. The zero-order valence-corrected chi connectivity index (χ0v) is 17.0. The number of anilines is 2. The topological polar surface area (TPSA) is 70.4 Å². The first-order valence-corrected chi connectivity index (χ1v) is 9.69. The fraction of sp³-hybridized carbons (Fsp3) is 0.333. The van der Waals surface area contributed by atoms with Crippen LogP contribution in [0.5, 0.6) is 0 Å². The van der Waals surface area contributed by atoms with Gasteiger partial charge < -0.3 is 14.7 Å². The van der Waals surface area contributed by atoms with Crippen LogP contribution in [0.3, 0.4) is 0 Å². The molecular weight excluding hydrogens is 366 g/mol. The van der Waals surface area contributed by atoms with Crippen molar-refractivity contribution in [3.63, 3.8) is 0 Å². The van der Waals surface area contributed by atoms with Crippen molar-refractivity contribution >= 4 is 17.4 Å². The summed E-state index contributed by atoms with van der Waals surface area (Å²) >= 11 is 0. The maximum Gasteiger partial charge on any atom is 0.257 e. The van der Waals surface area contributed by atoms with Crippen LogP contribution in [-0.2, 0) is 0 Å². The van der Waals surface area contributed by atoms with E-state index in [-0.39, 0.29) is 5.91 Å². The molecule has 3 aromatic rings. The van der Waals surface area contributed by atoms with Crippen LogP contribution in [0.4, 0.5) is 11.5 Å². The van der Waals surface area contributed by atoms with E-state index in [0.717, 1.165) is 36.0 Å². The zero-order valence-electron chi connectivity index (χ0n) is 17.0. The van der Waals surface area contributed by atoms with E-state index < -0.39 is 0 Å². The number of benzene rings is 1. The van der Waals surface area contributed by atoms with Crippen LogP contribution in [0.2, 0.25) is 0 Å². The van der Waals surface area contributed by atoms with Crippen LogP contribution < -0.4 is 9.80 Å². The molecule has 0 atom stereocenters. The van der Waals surface area contributed by atoms with Gasteiger partial charge in [-0.25, -0.2) is 4.68 Å². The fourth-order valence-corrected chi connectivity index (χ4v) is 3.50. The number of hydrogen-bond donors (Lipinski definition) is 0. The van der Waals surface area contributed by atoms with Crippen LogP contribution in [0.15, 0.2) is 48.8 Å². The fourth-order valence-electron chi connectivity index (χ4n) is 3.50. The summed E-state index contributed by atoms with van der Waals surface area (Å²) in [5.74, 6) is 0.869. The van der Waals surface area contributed by atoms with E-state index in [9.17, 15) is 4.79 Å². The van der Waals surface area contributed by atoms with Crippen LogP contribution >= 0.6 is 0 Å². The number of rotatable bonds is 4. The van der Waals surface area contributed by atoms with Crippen LogP contribution in [-0.4, -0.2) is 71.1 Å². The molecule has 1 aliphatic rings. The SMILES string of the molecule is Cc1c(C(=O)N2CCN(c3cc(N(C)C)cnn3)CC2)cnn1-c1ccccc1. The van der Waals surface area contributed by atoms with E-state index in [1.165, 1.54) is 0 Å². The van der Waals surface area contributed by atoms with Gasteiger partial charge in [0.1, 0.15) is 0 Å². The minimum atomic E-state index is 0.0254. The van der Waals surface area contributed by atoms with Crippen molar-refractivity contribution in [2.24, 2.45) is 0 Å². The molecule has 0 N–H and O–H groups in total. The van der Waals surface area contributed by atoms with Gasteiger partial charge in [-0.1, -0.05) is 18.2 Å². The highest BCUT2D eigenvalue weighted by Crippen LogP contribution is 2.20. The Morgan fingerprint density at radius 3 is 2.45 bits per heavy atom. The van der Waals surface area contributed by atoms with E-state index in [2.05, 4.69) is 20.2 Å². The quantitative estimate of drug-likeness (QED) is 0.678. The minimum absolute atomic E-state index is 0.0254. The molecular formula is C21H25N7O. The summed E-state index contributed by atoms with van der Waals surface area (Å²) in [6, 6.07) is 11.9. The summed E-state index contributed by atoms with van der Waals surface area (Å²) in [6.45, 7) is 4.67. The second-order valence-corrected chi connectivity index (χ2v) is 7.34. The molecule has 0 radical (unpaired) electrons. The third kappa shape index (κ3) is 3.78. The largest absolute Gasteiger partial charge is 0.376 e. The van der Waals surface area contributed by atoms with Gasteiger partial charge in [-0.3, -0.25) is 4.79 Å². The summed E-state index contributed by atoms with van der Waals surface area (Å²) in [5.41, 5.74) is 3.47. The lowest BCUT2D eigenvalue weighted by Gasteiger charge is -2.35. The Kier molecular flexibility index (Phi) is 5.16. The first-order valence-electron chi connectivity index (χ1n) is 9.69. The highest BCUT2D eigenvalue weighted by Gasteiger charge is 2.26. The predicted octanol–water partition coefficient (Wildman–Crippen LogP) is 2.00. The third-order valence-electron chi connectivity index (χ3n) is 5.28. The predicted molar refractivity (Wildman–Crippen MR) is 113 cm³/mol. The Morgan fingerprint density at radius 1 is 1.03 bits per heavy atom. The van der Waals surface area contributed by atoms with Crippen molar-refractivity contribution in [2.45, 2.75) is 6.92 Å². The number of amides is 1. The van der Waals surface area contributed by atoms with E-state index in [1.807, 2.05) is 71.9 Å². The number of carbonyl (C=O) groups excluding carboxylic acids is 1. The van der Waals surface area contributed by atoms with Crippen LogP contribution in [0.1, 0.15) is 16.1 Å². The number of hydrogen-bond acceptors (Lipinski definition) is 6. The van der Waals surface area contributed by atoms with Gasteiger partial charge in [0.15, 0.2) is 5.82 Å². The Balaban J connectivity index is 1.45. The molecule has 1 fully saturated rings. The van der Waals surface area contributed by atoms with Crippen molar-refractivity contribution in [1.29, 1.82) is 0 Å². The van der Waals surface area contributed by atoms with Crippen LogP contribution in [0, 0.1) is 6.92 Å². The highest BCUT2D eigenvalue weighted by atomic mass is 16.2. The summed E-state index contributed by atoms with van der Waals surface area (Å²) in [7, 11) is 3.96. The molecule has 1 saturated heterocycles. The summed E-state index contributed by atoms with van der Waals surface area (Å²) in [6.07, 6.45) is 3.42. The minimum Gasteiger partial charge on any atom is -0.376 e. The van der Waals surface area contributed by atoms with Crippen molar-refractivity contribution < 1.29 is 4.79 Å². The Morgan fingerprint density at radius 2 is 1.76 bits per heavy atom. The molecule has 150 valence electrons. The molecule has 8 nitrogen and oxygen atoms in total. The van der Waals surface area contributed by atoms with Crippen LogP contribution in [0.25, 0.3) is 5.69 Å². The lowest BCUT2D eigenvalue weighted by Crippen LogP contribution is -2.49. The van der Waals surface area contributed by atoms with E-state index in [1.54, 1.807) is 12.4 Å². The first kappa shape index (κ1) is 18.9. The maximum atomic E-state index is 13.1. The van der Waals surface area contributed by atoms with Crippen molar-refractivity contribution in [1.82, 2.24) is 24.9 Å². The third-order valence-corrected chi connectivity index (χ3v) is 5.28. The smallest absolute Gasteiger partial charge is 0.257 e. The van der Waals surface area contributed by atoms with Crippen molar-refractivity contribution in [3.05, 3.63) is 60.0 Å². The molecule has 8 heteroatoms. The molecule has 0 bridgehead atoms. The number of nitrogens with zero attached hydrogens (tertiary/aromatic N) is 7. The van der Waals surface area contributed by atoms with Gasteiger partial charge in [0.25, 0.3) is 5.91 Å². The first-order chi connectivity index (χ1) is 14.0. The molecule has 0 saturated carbocycles. The second-order valence-electron chi connectivity index (χ2n) is 7.34. The van der Waals surface area contributed by atoms with Crippen molar-refractivity contribution in [3.8, 4) is 5.69 Å². The molecule has 2 aromatic heterocycles. The van der Waals surface area contributed by atoms with Gasteiger partial charge in [0.05, 0.1) is 35.0 Å². The molecule has 4 rings (SSSR count). The van der Waals surface area contributed by atoms with Gasteiger partial charge in [-0.2, -0.15) is 10.2 Å². The van der Waals surface area contributed by atoms with E-state index in [0.29, 0.717) is 18.7 Å². The average molecular weight is 391 g/mol. The molecule has 1 aromatic carbocycles. The summed E-state index contributed by atoms with van der Waals surface area (Å²) in [4.78, 5) is 19.1. The molecule has 3 heterocycles. The van der Waals surface area contributed by atoms with Gasteiger partial charge >= 0.3 is 0 Å². The number of piperazine rings is 1. The summed E-state index contributed by atoms with van der Waals surface area (Å²) in [5, 5.41) is 12.8. The second kappa shape index (κ2) is 7.90. The normalized spacial score (nSPS) is 14.2. The summed E-state index contributed by atoms with van der Waals surface area (Å²) < 4.78 is 1.81. The molecule has 0 spiro atoms.